The van der Waals surface area contributed by atoms with Gasteiger partial charge in [0.1, 0.15) is 17.7 Å². The number of hydrogen-bond acceptors (Lipinski definition) is 1. The minimum atomic E-state index is -0.175. The Labute approximate surface area is 112 Å². The van der Waals surface area contributed by atoms with Gasteiger partial charge in [0.2, 0.25) is 0 Å². The van der Waals surface area contributed by atoms with Crippen LogP contribution in [0.25, 0.3) is 0 Å². The third-order valence-corrected chi connectivity index (χ3v) is 4.94. The molecule has 1 aliphatic heterocycles. The van der Waals surface area contributed by atoms with Gasteiger partial charge in [0.25, 0.3) is 0 Å². The molecule has 3 rings (SSSR count). The number of benzene rings is 1. The second kappa shape index (κ2) is 4.73. The van der Waals surface area contributed by atoms with E-state index in [9.17, 15) is 4.39 Å². The first kappa shape index (κ1) is 12.3. The number of halogens is 2. The number of rotatable bonds is 3. The molecule has 0 N–H and O–H groups in total. The number of fused-ring (bicyclic) bond motifs is 1. The van der Waals surface area contributed by atoms with Gasteiger partial charge in [-0.2, -0.15) is 0 Å². The topological polar surface area (TPSA) is 9.23 Å². The lowest BCUT2D eigenvalue weighted by atomic mass is 9.82. The van der Waals surface area contributed by atoms with Gasteiger partial charge in [0.05, 0.1) is 0 Å². The Morgan fingerprint density at radius 1 is 1.33 bits per heavy atom. The highest BCUT2D eigenvalue weighted by Crippen LogP contribution is 2.45. The molecule has 1 saturated carbocycles. The highest BCUT2D eigenvalue weighted by molar-refractivity contribution is 6.18. The van der Waals surface area contributed by atoms with E-state index in [0.29, 0.717) is 0 Å². The molecule has 0 bridgehead atoms. The van der Waals surface area contributed by atoms with E-state index in [2.05, 4.69) is 0 Å². The molecule has 98 valence electrons. The van der Waals surface area contributed by atoms with E-state index < -0.39 is 0 Å². The molecule has 0 radical (unpaired) electrons. The summed E-state index contributed by atoms with van der Waals surface area (Å²) in [5.74, 6) is 1.40. The van der Waals surface area contributed by atoms with Crippen LogP contribution in [0.4, 0.5) is 4.39 Å². The molecule has 3 heteroatoms. The Morgan fingerprint density at radius 3 is 2.83 bits per heavy atom. The van der Waals surface area contributed by atoms with Crippen LogP contribution in [-0.2, 0) is 6.42 Å². The fraction of sp³-hybridized carbons (Fsp3) is 0.600. The summed E-state index contributed by atoms with van der Waals surface area (Å²) in [4.78, 5) is 0. The van der Waals surface area contributed by atoms with Crippen molar-refractivity contribution in [3.63, 3.8) is 0 Å². The Morgan fingerprint density at radius 2 is 2.11 bits per heavy atom. The molecule has 0 spiro atoms. The van der Waals surface area contributed by atoms with E-state index in [-0.39, 0.29) is 17.3 Å². The molecule has 1 nitrogen and oxygen atoms in total. The lowest BCUT2D eigenvalue weighted by Crippen LogP contribution is -2.28. The molecular weight excluding hydrogens is 251 g/mol. The van der Waals surface area contributed by atoms with Crippen molar-refractivity contribution in [1.29, 1.82) is 0 Å². The average Bonchev–Trinajstić information content (AvgIpc) is 2.96. The molecule has 1 fully saturated rings. The maximum atomic E-state index is 13.2. The normalized spacial score (nSPS) is 24.9. The maximum absolute atomic E-state index is 13.2. The standard InChI is InChI=1S/C15H18ClFO/c16-10-15(5-1-2-6-15)9-13-8-11-7-12(17)3-4-14(11)18-13/h3-4,7,13H,1-2,5-6,8-10H2. The van der Waals surface area contributed by atoms with Crippen molar-refractivity contribution in [1.82, 2.24) is 0 Å². The number of ether oxygens (including phenoxy) is 1. The highest BCUT2D eigenvalue weighted by atomic mass is 35.5. The molecular formula is C15H18ClFO. The third kappa shape index (κ3) is 2.23. The summed E-state index contributed by atoms with van der Waals surface area (Å²) in [5.41, 5.74) is 1.26. The van der Waals surface area contributed by atoms with E-state index in [4.69, 9.17) is 16.3 Å². The molecule has 1 aromatic carbocycles. The van der Waals surface area contributed by atoms with Gasteiger partial charge >= 0.3 is 0 Å². The van der Waals surface area contributed by atoms with E-state index in [1.165, 1.54) is 31.7 Å². The van der Waals surface area contributed by atoms with Crippen molar-refractivity contribution >= 4 is 11.6 Å². The Kier molecular flexibility index (Phi) is 3.23. The molecule has 1 unspecified atom stereocenters. The van der Waals surface area contributed by atoms with E-state index in [0.717, 1.165) is 30.0 Å². The fourth-order valence-corrected chi connectivity index (χ4v) is 3.78. The predicted molar refractivity (Wildman–Crippen MR) is 70.8 cm³/mol. The summed E-state index contributed by atoms with van der Waals surface area (Å²) in [6.45, 7) is 0. The van der Waals surface area contributed by atoms with Crippen LogP contribution in [0.2, 0.25) is 0 Å². The average molecular weight is 269 g/mol. The summed E-state index contributed by atoms with van der Waals surface area (Å²) < 4.78 is 19.1. The molecule has 1 heterocycles. The summed E-state index contributed by atoms with van der Waals surface area (Å²) >= 11 is 6.16. The fourth-order valence-electron chi connectivity index (χ4n) is 3.40. The van der Waals surface area contributed by atoms with Crippen LogP contribution in [0.3, 0.4) is 0 Å². The van der Waals surface area contributed by atoms with Gasteiger partial charge in [0, 0.05) is 17.9 Å². The summed E-state index contributed by atoms with van der Waals surface area (Å²) in [5, 5.41) is 0. The van der Waals surface area contributed by atoms with Gasteiger partial charge in [-0.15, -0.1) is 11.6 Å². The largest absolute Gasteiger partial charge is 0.490 e. The molecule has 2 aliphatic rings. The predicted octanol–water partition coefficient (Wildman–Crippen LogP) is 4.32. The van der Waals surface area contributed by atoms with E-state index in [1.807, 2.05) is 0 Å². The zero-order valence-corrected chi connectivity index (χ0v) is 11.2. The molecule has 1 atom stereocenters. The van der Waals surface area contributed by atoms with Crippen molar-refractivity contribution in [2.75, 3.05) is 5.88 Å². The van der Waals surface area contributed by atoms with Crippen LogP contribution in [-0.4, -0.2) is 12.0 Å². The van der Waals surface area contributed by atoms with Crippen LogP contribution in [0.1, 0.15) is 37.7 Å². The summed E-state index contributed by atoms with van der Waals surface area (Å²) in [7, 11) is 0. The van der Waals surface area contributed by atoms with Crippen LogP contribution < -0.4 is 4.74 Å². The van der Waals surface area contributed by atoms with Crippen molar-refractivity contribution < 1.29 is 9.13 Å². The summed E-state index contributed by atoms with van der Waals surface area (Å²) in [6.07, 6.45) is 6.99. The molecule has 0 saturated heterocycles. The second-order valence-electron chi connectivity index (χ2n) is 5.74. The minimum absolute atomic E-state index is 0.175. The van der Waals surface area contributed by atoms with Gasteiger partial charge in [-0.1, -0.05) is 12.8 Å². The lowest BCUT2D eigenvalue weighted by Gasteiger charge is -2.29. The van der Waals surface area contributed by atoms with Crippen molar-refractivity contribution in [3.05, 3.63) is 29.6 Å². The first-order chi connectivity index (χ1) is 8.71. The zero-order chi connectivity index (χ0) is 12.6. The van der Waals surface area contributed by atoms with Crippen molar-refractivity contribution in [2.45, 2.75) is 44.6 Å². The lowest BCUT2D eigenvalue weighted by molar-refractivity contribution is 0.151. The zero-order valence-electron chi connectivity index (χ0n) is 10.4. The quantitative estimate of drug-likeness (QED) is 0.742. The van der Waals surface area contributed by atoms with Crippen LogP contribution in [0, 0.1) is 11.2 Å². The Hall–Kier alpha value is -0.760. The number of hydrogen-bond donors (Lipinski definition) is 0. The Balaban J connectivity index is 1.70. The molecule has 0 aromatic heterocycles. The maximum Gasteiger partial charge on any atom is 0.123 e. The van der Waals surface area contributed by atoms with Gasteiger partial charge in [-0.05, 0) is 42.9 Å². The SMILES string of the molecule is Fc1ccc2c(c1)CC(CC1(CCl)CCCC1)O2. The van der Waals surface area contributed by atoms with Crippen molar-refractivity contribution in [2.24, 2.45) is 5.41 Å². The monoisotopic (exact) mass is 268 g/mol. The van der Waals surface area contributed by atoms with Crippen LogP contribution >= 0.6 is 11.6 Å². The van der Waals surface area contributed by atoms with Crippen LogP contribution in [0.15, 0.2) is 18.2 Å². The highest BCUT2D eigenvalue weighted by Gasteiger charge is 2.38. The minimum Gasteiger partial charge on any atom is -0.490 e. The number of alkyl halides is 1. The Bertz CT molecular complexity index is 440. The van der Waals surface area contributed by atoms with E-state index in [1.54, 1.807) is 12.1 Å². The third-order valence-electron chi connectivity index (χ3n) is 4.37. The van der Waals surface area contributed by atoms with Gasteiger partial charge in [0.15, 0.2) is 0 Å². The van der Waals surface area contributed by atoms with E-state index >= 15 is 0 Å². The van der Waals surface area contributed by atoms with Gasteiger partial charge in [-0.3, -0.25) is 0 Å². The molecule has 1 aliphatic carbocycles. The summed E-state index contributed by atoms with van der Waals surface area (Å²) in [6, 6.07) is 4.80. The van der Waals surface area contributed by atoms with Crippen LogP contribution in [0.5, 0.6) is 5.75 Å². The molecule has 1 aromatic rings. The second-order valence-corrected chi connectivity index (χ2v) is 6.01. The van der Waals surface area contributed by atoms with Crippen molar-refractivity contribution in [3.8, 4) is 5.75 Å². The van der Waals surface area contributed by atoms with Gasteiger partial charge in [-0.25, -0.2) is 4.39 Å². The van der Waals surface area contributed by atoms with Gasteiger partial charge < -0.3 is 4.74 Å². The molecule has 0 amide bonds. The first-order valence-electron chi connectivity index (χ1n) is 6.72. The smallest absolute Gasteiger partial charge is 0.123 e. The molecule has 18 heavy (non-hydrogen) atoms. The first-order valence-corrected chi connectivity index (χ1v) is 7.25.